The molecule has 0 amide bonds. The zero-order valence-electron chi connectivity index (χ0n) is 17.0. The van der Waals surface area contributed by atoms with Gasteiger partial charge in [-0.25, -0.2) is 4.98 Å². The lowest BCUT2D eigenvalue weighted by atomic mass is 10.0. The van der Waals surface area contributed by atoms with E-state index in [4.69, 9.17) is 4.99 Å². The molecular weight excluding hydrogens is 324 g/mol. The van der Waals surface area contributed by atoms with E-state index >= 15 is 0 Å². The van der Waals surface area contributed by atoms with E-state index < -0.39 is 0 Å². The first-order chi connectivity index (χ1) is 12.7. The Labute approximate surface area is 159 Å². The standard InChI is InChI=1S/C20H38N6/c1-4-6-13-25-15-9-19(10-16-25)24-20(21-5-2)23-11-7-8-14-26-17-12-22-18(26)3/h12,17,19H,4-11,13-16H2,1-3H3,(H2,21,23,24). The molecule has 1 fully saturated rings. The lowest BCUT2D eigenvalue weighted by Crippen LogP contribution is -2.48. The lowest BCUT2D eigenvalue weighted by molar-refractivity contribution is 0.203. The fraction of sp³-hybridized carbons (Fsp3) is 0.800. The van der Waals surface area contributed by atoms with Crippen molar-refractivity contribution in [1.29, 1.82) is 0 Å². The van der Waals surface area contributed by atoms with Gasteiger partial charge in [-0.1, -0.05) is 13.3 Å². The molecule has 26 heavy (non-hydrogen) atoms. The summed E-state index contributed by atoms with van der Waals surface area (Å²) in [6, 6.07) is 0.555. The first-order valence-electron chi connectivity index (χ1n) is 10.5. The molecule has 0 atom stereocenters. The second-order valence-corrected chi connectivity index (χ2v) is 7.25. The van der Waals surface area contributed by atoms with E-state index in [0.29, 0.717) is 6.04 Å². The van der Waals surface area contributed by atoms with Crippen LogP contribution in [0, 0.1) is 6.92 Å². The van der Waals surface area contributed by atoms with Gasteiger partial charge in [0.25, 0.3) is 0 Å². The molecule has 0 spiro atoms. The predicted octanol–water partition coefficient (Wildman–Crippen LogP) is 2.79. The molecule has 1 aromatic rings. The van der Waals surface area contributed by atoms with Gasteiger partial charge >= 0.3 is 0 Å². The van der Waals surface area contributed by atoms with E-state index in [1.54, 1.807) is 0 Å². The van der Waals surface area contributed by atoms with E-state index in [9.17, 15) is 0 Å². The Morgan fingerprint density at radius 2 is 2.00 bits per heavy atom. The van der Waals surface area contributed by atoms with Crippen LogP contribution in [-0.2, 0) is 6.54 Å². The van der Waals surface area contributed by atoms with Gasteiger partial charge in [-0.15, -0.1) is 0 Å². The maximum absolute atomic E-state index is 4.77. The Hall–Kier alpha value is -1.56. The summed E-state index contributed by atoms with van der Waals surface area (Å²) in [5.74, 6) is 2.08. The first-order valence-corrected chi connectivity index (χ1v) is 10.5. The van der Waals surface area contributed by atoms with Gasteiger partial charge in [-0.2, -0.15) is 0 Å². The van der Waals surface area contributed by atoms with Crippen LogP contribution in [0.1, 0.15) is 58.2 Å². The molecule has 2 N–H and O–H groups in total. The van der Waals surface area contributed by atoms with Crippen LogP contribution in [0.4, 0.5) is 0 Å². The third-order valence-electron chi connectivity index (χ3n) is 5.10. The molecular formula is C20H38N6. The molecule has 6 heteroatoms. The van der Waals surface area contributed by atoms with Crippen LogP contribution in [0.25, 0.3) is 0 Å². The predicted molar refractivity (Wildman–Crippen MR) is 110 cm³/mol. The normalized spacial score (nSPS) is 16.8. The van der Waals surface area contributed by atoms with Crippen molar-refractivity contribution >= 4 is 5.96 Å². The van der Waals surface area contributed by atoms with Crippen molar-refractivity contribution in [2.75, 3.05) is 32.7 Å². The first kappa shape index (κ1) is 20.7. The molecule has 2 heterocycles. The molecule has 1 aliphatic rings. The average molecular weight is 363 g/mol. The molecule has 6 nitrogen and oxygen atoms in total. The Morgan fingerprint density at radius 1 is 1.19 bits per heavy atom. The number of rotatable bonds is 10. The molecule has 0 bridgehead atoms. The molecule has 2 rings (SSSR count). The number of aromatic nitrogens is 2. The van der Waals surface area contributed by atoms with Gasteiger partial charge in [0.1, 0.15) is 5.82 Å². The Morgan fingerprint density at radius 3 is 2.65 bits per heavy atom. The van der Waals surface area contributed by atoms with Crippen molar-refractivity contribution < 1.29 is 0 Å². The minimum Gasteiger partial charge on any atom is -0.357 e. The molecule has 0 aromatic carbocycles. The highest BCUT2D eigenvalue weighted by Crippen LogP contribution is 2.11. The van der Waals surface area contributed by atoms with Crippen molar-refractivity contribution in [3.05, 3.63) is 18.2 Å². The van der Waals surface area contributed by atoms with Crippen LogP contribution in [0.5, 0.6) is 0 Å². The number of piperidine rings is 1. The number of unbranched alkanes of at least 4 members (excludes halogenated alkanes) is 2. The second kappa shape index (κ2) is 11.9. The molecule has 0 aliphatic carbocycles. The number of aliphatic imine (C=N–C) groups is 1. The Kier molecular flexibility index (Phi) is 9.53. The van der Waals surface area contributed by atoms with Gasteiger partial charge in [-0.05, 0) is 52.5 Å². The number of nitrogens with zero attached hydrogens (tertiary/aromatic N) is 4. The maximum Gasteiger partial charge on any atom is 0.191 e. The van der Waals surface area contributed by atoms with Crippen LogP contribution in [0.2, 0.25) is 0 Å². The zero-order chi connectivity index (χ0) is 18.6. The van der Waals surface area contributed by atoms with Gasteiger partial charge in [0, 0.05) is 51.2 Å². The van der Waals surface area contributed by atoms with Crippen LogP contribution >= 0.6 is 0 Å². The van der Waals surface area contributed by atoms with Crippen molar-refractivity contribution in [2.45, 2.75) is 71.9 Å². The quantitative estimate of drug-likeness (QED) is 0.382. The molecule has 148 valence electrons. The minimum atomic E-state index is 0.555. The van der Waals surface area contributed by atoms with E-state index in [1.807, 2.05) is 6.20 Å². The fourth-order valence-electron chi connectivity index (χ4n) is 3.42. The van der Waals surface area contributed by atoms with Gasteiger partial charge in [0.15, 0.2) is 5.96 Å². The number of nitrogens with one attached hydrogen (secondary N) is 2. The van der Waals surface area contributed by atoms with Crippen LogP contribution in [0.3, 0.4) is 0 Å². The van der Waals surface area contributed by atoms with E-state index in [0.717, 1.165) is 44.3 Å². The van der Waals surface area contributed by atoms with Crippen molar-refractivity contribution in [3.8, 4) is 0 Å². The van der Waals surface area contributed by atoms with Gasteiger partial charge in [0.2, 0.25) is 0 Å². The van der Waals surface area contributed by atoms with E-state index in [2.05, 4.69) is 52.1 Å². The maximum atomic E-state index is 4.77. The summed E-state index contributed by atoms with van der Waals surface area (Å²) in [5, 5.41) is 7.04. The summed E-state index contributed by atoms with van der Waals surface area (Å²) in [4.78, 5) is 11.6. The summed E-state index contributed by atoms with van der Waals surface area (Å²) in [6.07, 6.45) is 11.2. The molecule has 0 radical (unpaired) electrons. The van der Waals surface area contributed by atoms with E-state index in [-0.39, 0.29) is 0 Å². The summed E-state index contributed by atoms with van der Waals surface area (Å²) < 4.78 is 2.21. The highest BCUT2D eigenvalue weighted by atomic mass is 15.2. The van der Waals surface area contributed by atoms with Gasteiger partial charge in [0.05, 0.1) is 0 Å². The highest BCUT2D eigenvalue weighted by Gasteiger charge is 2.19. The molecule has 0 saturated carbocycles. The lowest BCUT2D eigenvalue weighted by Gasteiger charge is -2.33. The monoisotopic (exact) mass is 362 g/mol. The van der Waals surface area contributed by atoms with Gasteiger partial charge in [-0.3, -0.25) is 4.99 Å². The number of imidazole rings is 1. The highest BCUT2D eigenvalue weighted by molar-refractivity contribution is 5.80. The Bertz CT molecular complexity index is 516. The van der Waals surface area contributed by atoms with E-state index in [1.165, 1.54) is 45.3 Å². The number of hydrogen-bond donors (Lipinski definition) is 2. The smallest absolute Gasteiger partial charge is 0.191 e. The third kappa shape index (κ3) is 7.36. The summed E-state index contributed by atoms with van der Waals surface area (Å²) >= 11 is 0. The summed E-state index contributed by atoms with van der Waals surface area (Å²) in [7, 11) is 0. The molecule has 1 saturated heterocycles. The Balaban J connectivity index is 1.67. The van der Waals surface area contributed by atoms with Crippen LogP contribution < -0.4 is 10.6 Å². The van der Waals surface area contributed by atoms with Crippen molar-refractivity contribution in [3.63, 3.8) is 0 Å². The third-order valence-corrected chi connectivity index (χ3v) is 5.10. The molecule has 0 unspecified atom stereocenters. The number of aryl methyl sites for hydroxylation is 2. The minimum absolute atomic E-state index is 0.555. The number of likely N-dealkylation sites (tertiary alicyclic amines) is 1. The molecule has 1 aliphatic heterocycles. The van der Waals surface area contributed by atoms with Crippen molar-refractivity contribution in [1.82, 2.24) is 25.1 Å². The summed E-state index contributed by atoms with van der Waals surface area (Å²) in [6.45, 7) is 12.9. The summed E-state index contributed by atoms with van der Waals surface area (Å²) in [5.41, 5.74) is 0. The zero-order valence-corrected chi connectivity index (χ0v) is 17.0. The fourth-order valence-corrected chi connectivity index (χ4v) is 3.42. The topological polar surface area (TPSA) is 57.5 Å². The van der Waals surface area contributed by atoms with Crippen molar-refractivity contribution in [2.24, 2.45) is 4.99 Å². The number of guanidine groups is 1. The second-order valence-electron chi connectivity index (χ2n) is 7.25. The average Bonchev–Trinajstić information content (AvgIpc) is 3.06. The van der Waals surface area contributed by atoms with Gasteiger partial charge < -0.3 is 20.1 Å². The number of hydrogen-bond acceptors (Lipinski definition) is 3. The largest absolute Gasteiger partial charge is 0.357 e. The molecule has 1 aromatic heterocycles. The SMILES string of the molecule is CCCCN1CCC(NC(=NCCCCn2ccnc2C)NCC)CC1. The van der Waals surface area contributed by atoms with Crippen LogP contribution in [-0.4, -0.2) is 59.2 Å². The van der Waals surface area contributed by atoms with Crippen LogP contribution in [0.15, 0.2) is 17.4 Å².